The van der Waals surface area contributed by atoms with E-state index in [1.807, 2.05) is 42.6 Å². The van der Waals surface area contributed by atoms with Gasteiger partial charge < -0.3 is 15.2 Å². The lowest BCUT2D eigenvalue weighted by Crippen LogP contribution is -2.47. The number of para-hydroxylation sites is 1. The average molecular weight is 350 g/mol. The van der Waals surface area contributed by atoms with Crippen LogP contribution in [0.5, 0.6) is 0 Å². The van der Waals surface area contributed by atoms with Crippen LogP contribution in [0.15, 0.2) is 55.0 Å². The van der Waals surface area contributed by atoms with Crippen molar-refractivity contribution in [1.82, 2.24) is 20.2 Å². The van der Waals surface area contributed by atoms with Crippen LogP contribution in [0, 0.1) is 0 Å². The molecule has 0 aliphatic heterocycles. The number of carbonyl (C=O) groups is 2. The predicted octanol–water partition coefficient (Wildman–Crippen LogP) is 2.27. The van der Waals surface area contributed by atoms with Crippen LogP contribution in [0.3, 0.4) is 0 Å². The van der Waals surface area contributed by atoms with Crippen LogP contribution in [0.1, 0.15) is 18.1 Å². The van der Waals surface area contributed by atoms with Gasteiger partial charge in [0.05, 0.1) is 0 Å². The number of pyridine rings is 1. The summed E-state index contributed by atoms with van der Waals surface area (Å²) in [5, 5.41) is 3.86. The van der Waals surface area contributed by atoms with Gasteiger partial charge in [0.2, 0.25) is 11.8 Å². The van der Waals surface area contributed by atoms with Crippen molar-refractivity contribution in [2.24, 2.45) is 0 Å². The van der Waals surface area contributed by atoms with Crippen molar-refractivity contribution in [1.29, 1.82) is 0 Å². The summed E-state index contributed by atoms with van der Waals surface area (Å²) in [6.45, 7) is 1.89. The number of hydrogen-bond donors (Lipinski definition) is 2. The second-order valence-corrected chi connectivity index (χ2v) is 6.37. The highest BCUT2D eigenvalue weighted by molar-refractivity contribution is 5.89. The van der Waals surface area contributed by atoms with E-state index in [4.69, 9.17) is 0 Å². The fourth-order valence-corrected chi connectivity index (χ4v) is 3.07. The number of likely N-dealkylation sites (N-methyl/N-ethyl adjacent to an activating group) is 1. The molecule has 134 valence electrons. The molecule has 1 unspecified atom stereocenters. The van der Waals surface area contributed by atoms with Crippen molar-refractivity contribution in [2.45, 2.75) is 25.9 Å². The molecule has 1 aromatic carbocycles. The molecule has 26 heavy (non-hydrogen) atoms. The van der Waals surface area contributed by atoms with Gasteiger partial charge in [0.25, 0.3) is 0 Å². The number of benzene rings is 1. The zero-order chi connectivity index (χ0) is 18.5. The van der Waals surface area contributed by atoms with Gasteiger partial charge in [-0.05, 0) is 29.3 Å². The lowest BCUT2D eigenvalue weighted by atomic mass is 10.0. The minimum Gasteiger partial charge on any atom is -0.361 e. The van der Waals surface area contributed by atoms with Gasteiger partial charge in [0, 0.05) is 56.4 Å². The van der Waals surface area contributed by atoms with E-state index < -0.39 is 6.04 Å². The van der Waals surface area contributed by atoms with E-state index in [9.17, 15) is 9.59 Å². The van der Waals surface area contributed by atoms with E-state index in [1.165, 1.54) is 6.92 Å². The number of aromatic amines is 1. The Morgan fingerprint density at radius 2 is 1.92 bits per heavy atom. The Balaban J connectivity index is 1.78. The molecule has 1 atom stereocenters. The molecule has 3 rings (SSSR count). The Labute approximate surface area is 152 Å². The maximum absolute atomic E-state index is 12.9. The Morgan fingerprint density at radius 3 is 2.65 bits per heavy atom. The molecule has 2 aromatic heterocycles. The molecule has 6 nitrogen and oxygen atoms in total. The van der Waals surface area contributed by atoms with Gasteiger partial charge in [-0.2, -0.15) is 0 Å². The van der Waals surface area contributed by atoms with Crippen LogP contribution in [-0.4, -0.2) is 39.8 Å². The van der Waals surface area contributed by atoms with Crippen LogP contribution < -0.4 is 5.32 Å². The lowest BCUT2D eigenvalue weighted by molar-refractivity contribution is -0.135. The number of H-pyrrole nitrogens is 1. The molecule has 2 amide bonds. The topological polar surface area (TPSA) is 78.1 Å². The highest BCUT2D eigenvalue weighted by Gasteiger charge is 2.24. The minimum atomic E-state index is -0.612. The highest BCUT2D eigenvalue weighted by Crippen LogP contribution is 2.19. The number of nitrogens with one attached hydrogen (secondary N) is 2. The molecule has 0 fully saturated rings. The van der Waals surface area contributed by atoms with Crippen LogP contribution in [0.4, 0.5) is 0 Å². The number of hydrogen-bond acceptors (Lipinski definition) is 3. The summed E-state index contributed by atoms with van der Waals surface area (Å²) in [6, 6.07) is 11.1. The number of nitrogens with zero attached hydrogens (tertiary/aromatic N) is 2. The smallest absolute Gasteiger partial charge is 0.245 e. The number of fused-ring (bicyclic) bond motifs is 1. The number of carbonyl (C=O) groups excluding carboxylic acids is 2. The van der Waals surface area contributed by atoms with Gasteiger partial charge in [-0.1, -0.05) is 18.2 Å². The first-order valence-corrected chi connectivity index (χ1v) is 8.50. The standard InChI is InChI=1S/C20H22N4O2/c1-14(25)23-19(11-16-12-22-18-6-4-3-5-17(16)18)20(26)24(2)13-15-7-9-21-10-8-15/h3-10,12,19,22H,11,13H2,1-2H3,(H,23,25). The Hall–Kier alpha value is -3.15. The Kier molecular flexibility index (Phi) is 5.31. The number of rotatable bonds is 6. The number of amides is 2. The monoisotopic (exact) mass is 350 g/mol. The number of aromatic nitrogens is 2. The van der Waals surface area contributed by atoms with Crippen molar-refractivity contribution in [3.05, 3.63) is 66.1 Å². The highest BCUT2D eigenvalue weighted by atomic mass is 16.2. The average Bonchev–Trinajstić information content (AvgIpc) is 3.04. The summed E-state index contributed by atoms with van der Waals surface area (Å²) < 4.78 is 0. The lowest BCUT2D eigenvalue weighted by Gasteiger charge is -2.24. The van der Waals surface area contributed by atoms with Crippen molar-refractivity contribution in [3.8, 4) is 0 Å². The molecule has 3 aromatic rings. The summed E-state index contributed by atoms with van der Waals surface area (Å²) in [7, 11) is 1.74. The third-order valence-corrected chi connectivity index (χ3v) is 4.32. The molecule has 0 bridgehead atoms. The normalized spacial score (nSPS) is 11.9. The van der Waals surface area contributed by atoms with E-state index >= 15 is 0 Å². The van der Waals surface area contributed by atoms with Gasteiger partial charge in [-0.3, -0.25) is 14.6 Å². The molecule has 0 aliphatic rings. The first-order valence-electron chi connectivity index (χ1n) is 8.50. The third-order valence-electron chi connectivity index (χ3n) is 4.32. The van der Waals surface area contributed by atoms with Gasteiger partial charge >= 0.3 is 0 Å². The van der Waals surface area contributed by atoms with Crippen LogP contribution in [-0.2, 0) is 22.6 Å². The second kappa shape index (κ2) is 7.82. The predicted molar refractivity (Wildman–Crippen MR) is 100 cm³/mol. The summed E-state index contributed by atoms with van der Waals surface area (Å²) >= 11 is 0. The third kappa shape index (κ3) is 4.08. The summed E-state index contributed by atoms with van der Waals surface area (Å²) in [6.07, 6.45) is 5.73. The van der Waals surface area contributed by atoms with Crippen molar-refractivity contribution < 1.29 is 9.59 Å². The van der Waals surface area contributed by atoms with E-state index in [0.717, 1.165) is 22.0 Å². The Morgan fingerprint density at radius 1 is 1.19 bits per heavy atom. The zero-order valence-corrected chi connectivity index (χ0v) is 14.9. The van der Waals surface area contributed by atoms with Crippen molar-refractivity contribution in [3.63, 3.8) is 0 Å². The Bertz CT molecular complexity index is 904. The van der Waals surface area contributed by atoms with Gasteiger partial charge in [0.15, 0.2) is 0 Å². The van der Waals surface area contributed by atoms with E-state index in [1.54, 1.807) is 24.3 Å². The molecule has 0 saturated heterocycles. The van der Waals surface area contributed by atoms with E-state index in [-0.39, 0.29) is 11.8 Å². The molecule has 0 aliphatic carbocycles. The van der Waals surface area contributed by atoms with Crippen molar-refractivity contribution in [2.75, 3.05) is 7.05 Å². The first kappa shape index (κ1) is 17.7. The van der Waals surface area contributed by atoms with Crippen LogP contribution in [0.2, 0.25) is 0 Å². The van der Waals surface area contributed by atoms with Crippen LogP contribution in [0.25, 0.3) is 10.9 Å². The molecular weight excluding hydrogens is 328 g/mol. The van der Waals surface area contributed by atoms with E-state index in [2.05, 4.69) is 15.3 Å². The van der Waals surface area contributed by atoms with E-state index in [0.29, 0.717) is 13.0 Å². The summed E-state index contributed by atoms with van der Waals surface area (Å²) in [5.41, 5.74) is 3.01. The fraction of sp³-hybridized carbons (Fsp3) is 0.250. The maximum Gasteiger partial charge on any atom is 0.245 e. The first-order chi connectivity index (χ1) is 12.5. The summed E-state index contributed by atoms with van der Waals surface area (Å²) in [5.74, 6) is -0.345. The molecule has 0 saturated carbocycles. The second-order valence-electron chi connectivity index (χ2n) is 6.37. The molecule has 2 N–H and O–H groups in total. The SMILES string of the molecule is CC(=O)NC(Cc1c[nH]c2ccccc12)C(=O)N(C)Cc1ccncc1. The van der Waals surface area contributed by atoms with Gasteiger partial charge in [-0.15, -0.1) is 0 Å². The minimum absolute atomic E-state index is 0.123. The maximum atomic E-state index is 12.9. The van der Waals surface area contributed by atoms with Crippen molar-refractivity contribution >= 4 is 22.7 Å². The summed E-state index contributed by atoms with van der Waals surface area (Å²) in [4.78, 5) is 33.4. The molecule has 6 heteroatoms. The quantitative estimate of drug-likeness (QED) is 0.716. The van der Waals surface area contributed by atoms with Crippen LogP contribution >= 0.6 is 0 Å². The molecular formula is C20H22N4O2. The molecule has 0 radical (unpaired) electrons. The molecule has 2 heterocycles. The molecule has 0 spiro atoms. The zero-order valence-electron chi connectivity index (χ0n) is 14.9. The largest absolute Gasteiger partial charge is 0.361 e. The van der Waals surface area contributed by atoms with Gasteiger partial charge in [-0.25, -0.2) is 0 Å². The fourth-order valence-electron chi connectivity index (χ4n) is 3.07. The van der Waals surface area contributed by atoms with Gasteiger partial charge in [0.1, 0.15) is 6.04 Å².